The van der Waals surface area contributed by atoms with E-state index < -0.39 is 5.60 Å². The Kier molecular flexibility index (Phi) is 5.16. The molecule has 1 heterocycles. The van der Waals surface area contributed by atoms with Gasteiger partial charge in [-0.2, -0.15) is 0 Å². The maximum atomic E-state index is 12.0. The molecule has 1 aliphatic heterocycles. The first-order valence-electron chi connectivity index (χ1n) is 9.38. The third-order valence-corrected chi connectivity index (χ3v) is 5.30. The van der Waals surface area contributed by atoms with Gasteiger partial charge >= 0.3 is 6.09 Å². The summed E-state index contributed by atoms with van der Waals surface area (Å²) in [6.45, 7) is 10.6. The third-order valence-electron chi connectivity index (χ3n) is 5.30. The van der Waals surface area contributed by atoms with Crippen molar-refractivity contribution in [3.8, 4) is 0 Å². The van der Waals surface area contributed by atoms with E-state index >= 15 is 0 Å². The van der Waals surface area contributed by atoms with Gasteiger partial charge in [0.15, 0.2) is 0 Å². The SMILES string of the molecule is CC(C)(C)OC(=O)N[C@@H]1CCC[C@H](N2CCN(C3CC3)CC2)C1. The summed E-state index contributed by atoms with van der Waals surface area (Å²) in [4.78, 5) is 17.3. The summed E-state index contributed by atoms with van der Waals surface area (Å²) in [7, 11) is 0. The summed E-state index contributed by atoms with van der Waals surface area (Å²) in [6.07, 6.45) is 7.18. The Labute approximate surface area is 140 Å². The minimum absolute atomic E-state index is 0.262. The zero-order valence-corrected chi connectivity index (χ0v) is 15.0. The molecule has 3 fully saturated rings. The molecule has 23 heavy (non-hydrogen) atoms. The van der Waals surface area contributed by atoms with Crippen molar-refractivity contribution in [1.29, 1.82) is 0 Å². The highest BCUT2D eigenvalue weighted by Crippen LogP contribution is 2.29. The van der Waals surface area contributed by atoms with Crippen LogP contribution in [0.2, 0.25) is 0 Å². The van der Waals surface area contributed by atoms with E-state index in [0.717, 1.165) is 18.9 Å². The van der Waals surface area contributed by atoms with E-state index in [0.29, 0.717) is 6.04 Å². The molecule has 0 aromatic rings. The molecule has 1 N–H and O–H groups in total. The molecule has 0 aromatic carbocycles. The van der Waals surface area contributed by atoms with Crippen molar-refractivity contribution in [3.63, 3.8) is 0 Å². The average Bonchev–Trinajstić information content (AvgIpc) is 3.30. The molecular formula is C18H33N3O2. The van der Waals surface area contributed by atoms with Crippen LogP contribution < -0.4 is 5.32 Å². The lowest BCUT2D eigenvalue weighted by Crippen LogP contribution is -2.53. The lowest BCUT2D eigenvalue weighted by Gasteiger charge is -2.42. The van der Waals surface area contributed by atoms with Crippen molar-refractivity contribution in [1.82, 2.24) is 15.1 Å². The molecule has 1 saturated heterocycles. The van der Waals surface area contributed by atoms with Crippen LogP contribution in [0.4, 0.5) is 4.79 Å². The normalized spacial score (nSPS) is 30.9. The van der Waals surface area contributed by atoms with E-state index in [9.17, 15) is 4.79 Å². The van der Waals surface area contributed by atoms with Crippen LogP contribution in [0.15, 0.2) is 0 Å². The lowest BCUT2D eigenvalue weighted by atomic mass is 9.89. The molecule has 0 radical (unpaired) electrons. The van der Waals surface area contributed by atoms with Gasteiger partial charge in [0.2, 0.25) is 0 Å². The zero-order valence-electron chi connectivity index (χ0n) is 15.0. The zero-order chi connectivity index (χ0) is 16.4. The van der Waals surface area contributed by atoms with Gasteiger partial charge in [-0.05, 0) is 59.3 Å². The number of rotatable bonds is 3. The van der Waals surface area contributed by atoms with Gasteiger partial charge in [0.05, 0.1) is 0 Å². The van der Waals surface area contributed by atoms with Crippen LogP contribution in [0.25, 0.3) is 0 Å². The molecule has 0 bridgehead atoms. The third kappa shape index (κ3) is 5.08. The summed E-state index contributed by atoms with van der Waals surface area (Å²) < 4.78 is 5.40. The van der Waals surface area contributed by atoms with Crippen molar-refractivity contribution < 1.29 is 9.53 Å². The summed E-state index contributed by atoms with van der Waals surface area (Å²) in [6, 6.07) is 1.79. The highest BCUT2D eigenvalue weighted by molar-refractivity contribution is 5.68. The Morgan fingerprint density at radius 1 is 0.957 bits per heavy atom. The van der Waals surface area contributed by atoms with Gasteiger partial charge in [0.25, 0.3) is 0 Å². The number of carbonyl (C=O) groups is 1. The highest BCUT2D eigenvalue weighted by Gasteiger charge is 2.34. The number of amides is 1. The summed E-state index contributed by atoms with van der Waals surface area (Å²) in [5, 5.41) is 3.08. The highest BCUT2D eigenvalue weighted by atomic mass is 16.6. The van der Waals surface area contributed by atoms with Crippen molar-refractivity contribution >= 4 is 6.09 Å². The molecule has 2 atom stereocenters. The van der Waals surface area contributed by atoms with E-state index in [1.807, 2.05) is 20.8 Å². The number of nitrogens with one attached hydrogen (secondary N) is 1. The predicted molar refractivity (Wildman–Crippen MR) is 91.6 cm³/mol. The maximum Gasteiger partial charge on any atom is 0.407 e. The second-order valence-corrected chi connectivity index (χ2v) is 8.47. The minimum Gasteiger partial charge on any atom is -0.444 e. The van der Waals surface area contributed by atoms with E-state index in [-0.39, 0.29) is 12.1 Å². The molecule has 3 aliphatic rings. The number of carbonyl (C=O) groups excluding carboxylic acids is 1. The first-order chi connectivity index (χ1) is 10.9. The molecule has 2 saturated carbocycles. The number of hydrogen-bond donors (Lipinski definition) is 1. The van der Waals surface area contributed by atoms with Crippen molar-refractivity contribution in [2.45, 2.75) is 83.0 Å². The van der Waals surface area contributed by atoms with Gasteiger partial charge < -0.3 is 10.1 Å². The molecule has 0 aromatic heterocycles. The number of piperazine rings is 1. The Morgan fingerprint density at radius 2 is 1.57 bits per heavy atom. The van der Waals surface area contributed by atoms with Gasteiger partial charge in [-0.15, -0.1) is 0 Å². The fourth-order valence-electron chi connectivity index (χ4n) is 4.01. The largest absolute Gasteiger partial charge is 0.444 e. The van der Waals surface area contributed by atoms with Gasteiger partial charge in [0.1, 0.15) is 5.60 Å². The first-order valence-corrected chi connectivity index (χ1v) is 9.38. The van der Waals surface area contributed by atoms with Crippen LogP contribution in [0.3, 0.4) is 0 Å². The quantitative estimate of drug-likeness (QED) is 0.867. The van der Waals surface area contributed by atoms with E-state index in [1.54, 1.807) is 0 Å². The molecule has 0 unspecified atom stereocenters. The van der Waals surface area contributed by atoms with Crippen LogP contribution in [0.5, 0.6) is 0 Å². The number of nitrogens with zero attached hydrogens (tertiary/aromatic N) is 2. The second kappa shape index (κ2) is 6.98. The standard InChI is InChI=1S/C18H33N3O2/c1-18(2,3)23-17(22)19-14-5-4-6-16(13-14)21-11-9-20(10-12-21)15-7-8-15/h14-16H,4-13H2,1-3H3,(H,19,22)/t14-,16+/m1/s1. The number of hydrogen-bond acceptors (Lipinski definition) is 4. The Morgan fingerprint density at radius 3 is 2.13 bits per heavy atom. The first kappa shape index (κ1) is 17.0. The predicted octanol–water partition coefficient (Wildman–Crippen LogP) is 2.60. The fourth-order valence-corrected chi connectivity index (χ4v) is 4.01. The second-order valence-electron chi connectivity index (χ2n) is 8.47. The molecule has 132 valence electrons. The molecule has 0 spiro atoms. The average molecular weight is 323 g/mol. The summed E-state index contributed by atoms with van der Waals surface area (Å²) >= 11 is 0. The fraction of sp³-hybridized carbons (Fsp3) is 0.944. The monoisotopic (exact) mass is 323 g/mol. The smallest absolute Gasteiger partial charge is 0.407 e. The van der Waals surface area contributed by atoms with Crippen LogP contribution in [-0.4, -0.2) is 65.8 Å². The van der Waals surface area contributed by atoms with Crippen molar-refractivity contribution in [2.24, 2.45) is 0 Å². The molecule has 1 amide bonds. The number of alkyl carbamates (subject to hydrolysis) is 1. The molecule has 5 nitrogen and oxygen atoms in total. The van der Waals surface area contributed by atoms with Crippen LogP contribution >= 0.6 is 0 Å². The van der Waals surface area contributed by atoms with Crippen LogP contribution in [0, 0.1) is 0 Å². The van der Waals surface area contributed by atoms with Gasteiger partial charge in [0, 0.05) is 44.3 Å². The molecule has 2 aliphatic carbocycles. The van der Waals surface area contributed by atoms with E-state index in [1.165, 1.54) is 51.9 Å². The molecule has 5 heteroatoms. The van der Waals surface area contributed by atoms with Gasteiger partial charge in [-0.25, -0.2) is 4.79 Å². The van der Waals surface area contributed by atoms with E-state index in [2.05, 4.69) is 15.1 Å². The maximum absolute atomic E-state index is 12.0. The van der Waals surface area contributed by atoms with Crippen molar-refractivity contribution in [3.05, 3.63) is 0 Å². The van der Waals surface area contributed by atoms with E-state index in [4.69, 9.17) is 4.74 Å². The van der Waals surface area contributed by atoms with Crippen LogP contribution in [0.1, 0.15) is 59.3 Å². The van der Waals surface area contributed by atoms with Crippen LogP contribution in [-0.2, 0) is 4.74 Å². The Balaban J connectivity index is 1.43. The number of ether oxygens (including phenoxy) is 1. The molecular weight excluding hydrogens is 290 g/mol. The van der Waals surface area contributed by atoms with Gasteiger partial charge in [-0.3, -0.25) is 9.80 Å². The Bertz CT molecular complexity index is 409. The van der Waals surface area contributed by atoms with Gasteiger partial charge in [-0.1, -0.05) is 0 Å². The lowest BCUT2D eigenvalue weighted by molar-refractivity contribution is 0.0427. The topological polar surface area (TPSA) is 44.8 Å². The minimum atomic E-state index is -0.419. The molecule has 3 rings (SSSR count). The Hall–Kier alpha value is -0.810. The summed E-state index contributed by atoms with van der Waals surface area (Å²) in [5.41, 5.74) is -0.419. The van der Waals surface area contributed by atoms with Crippen molar-refractivity contribution in [2.75, 3.05) is 26.2 Å². The summed E-state index contributed by atoms with van der Waals surface area (Å²) in [5.74, 6) is 0.